The minimum absolute atomic E-state index is 0.350. The van der Waals surface area contributed by atoms with Gasteiger partial charge in [-0.1, -0.05) is 18.3 Å². The summed E-state index contributed by atoms with van der Waals surface area (Å²) in [6.07, 6.45) is 4.02. The number of rotatable bonds is 6. The summed E-state index contributed by atoms with van der Waals surface area (Å²) in [7, 11) is 0. The number of nitrogens with zero attached hydrogens (tertiary/aromatic N) is 2. The van der Waals surface area contributed by atoms with E-state index < -0.39 is 0 Å². The molecule has 1 unspecified atom stereocenters. The average molecular weight is 267 g/mol. The lowest BCUT2D eigenvalue weighted by Gasteiger charge is -2.14. The van der Waals surface area contributed by atoms with E-state index in [4.69, 9.17) is 0 Å². The first-order chi connectivity index (χ1) is 8.33. The van der Waals surface area contributed by atoms with Crippen LogP contribution in [-0.2, 0) is 12.8 Å². The fourth-order valence-corrected chi connectivity index (χ4v) is 3.35. The van der Waals surface area contributed by atoms with Gasteiger partial charge in [-0.05, 0) is 36.6 Å². The van der Waals surface area contributed by atoms with E-state index in [2.05, 4.69) is 40.9 Å². The van der Waals surface area contributed by atoms with Gasteiger partial charge in [0.05, 0.1) is 11.1 Å². The number of aromatic nitrogens is 2. The summed E-state index contributed by atoms with van der Waals surface area (Å²) < 4.78 is 3.94. The largest absolute Gasteiger partial charge is 0.309 e. The zero-order valence-corrected chi connectivity index (χ0v) is 11.8. The average Bonchev–Trinajstić information content (AvgIpc) is 2.99. The highest BCUT2D eigenvalue weighted by Crippen LogP contribution is 2.25. The lowest BCUT2D eigenvalue weighted by atomic mass is 10.1. The van der Waals surface area contributed by atoms with Crippen molar-refractivity contribution in [2.45, 2.75) is 32.7 Å². The van der Waals surface area contributed by atoms with Gasteiger partial charge in [0, 0.05) is 22.2 Å². The molecule has 0 aromatic carbocycles. The number of hydrogen-bond acceptors (Lipinski definition) is 5. The fourth-order valence-electron chi connectivity index (χ4n) is 1.77. The smallest absolute Gasteiger partial charge is 0.0669 e. The second kappa shape index (κ2) is 6.23. The van der Waals surface area contributed by atoms with Gasteiger partial charge in [0.1, 0.15) is 0 Å². The zero-order valence-electron chi connectivity index (χ0n) is 10.1. The Bertz CT molecular complexity index is 436. The van der Waals surface area contributed by atoms with Crippen LogP contribution in [0.4, 0.5) is 0 Å². The van der Waals surface area contributed by atoms with Crippen molar-refractivity contribution in [1.82, 2.24) is 14.9 Å². The van der Waals surface area contributed by atoms with Gasteiger partial charge < -0.3 is 5.32 Å². The van der Waals surface area contributed by atoms with Crippen molar-refractivity contribution in [1.29, 1.82) is 0 Å². The van der Waals surface area contributed by atoms with Crippen molar-refractivity contribution >= 4 is 22.9 Å². The van der Waals surface area contributed by atoms with Crippen molar-refractivity contribution in [2.75, 3.05) is 6.54 Å². The molecule has 1 atom stereocenters. The van der Waals surface area contributed by atoms with Crippen LogP contribution in [0, 0.1) is 0 Å². The van der Waals surface area contributed by atoms with Gasteiger partial charge in [-0.2, -0.15) is 0 Å². The molecule has 0 fully saturated rings. The SMILES string of the molecule is CCNC(Cc1ccc(CC)s1)c1cnns1. The number of likely N-dealkylation sites (N-methyl/N-ethyl adjacent to an activating group) is 1. The highest BCUT2D eigenvalue weighted by Gasteiger charge is 2.14. The lowest BCUT2D eigenvalue weighted by Crippen LogP contribution is -2.21. The molecule has 5 heteroatoms. The molecule has 0 spiro atoms. The summed E-state index contributed by atoms with van der Waals surface area (Å²) in [6, 6.07) is 4.82. The Hall–Kier alpha value is -0.780. The fraction of sp³-hybridized carbons (Fsp3) is 0.500. The summed E-state index contributed by atoms with van der Waals surface area (Å²) in [5.41, 5.74) is 0. The second-order valence-corrected chi connectivity index (χ2v) is 5.93. The summed E-state index contributed by atoms with van der Waals surface area (Å²) in [6.45, 7) is 5.30. The van der Waals surface area contributed by atoms with Crippen LogP contribution in [0.3, 0.4) is 0 Å². The summed E-state index contributed by atoms with van der Waals surface area (Å²) in [5, 5.41) is 7.42. The summed E-state index contributed by atoms with van der Waals surface area (Å²) in [4.78, 5) is 4.11. The first-order valence-corrected chi connectivity index (χ1v) is 7.50. The Labute approximate surface area is 110 Å². The Morgan fingerprint density at radius 2 is 2.12 bits per heavy atom. The lowest BCUT2D eigenvalue weighted by molar-refractivity contribution is 0.561. The minimum atomic E-state index is 0.350. The standard InChI is InChI=1S/C12H17N3S2/c1-3-9-5-6-10(16-9)7-11(13-4-2)12-8-14-15-17-12/h5-6,8,11,13H,3-4,7H2,1-2H3. The Morgan fingerprint density at radius 1 is 1.29 bits per heavy atom. The van der Waals surface area contributed by atoms with Crippen LogP contribution in [0.15, 0.2) is 18.3 Å². The van der Waals surface area contributed by atoms with E-state index in [0.717, 1.165) is 19.4 Å². The molecule has 92 valence electrons. The predicted molar refractivity (Wildman–Crippen MR) is 73.7 cm³/mol. The molecule has 0 aliphatic carbocycles. The van der Waals surface area contributed by atoms with Crippen LogP contribution < -0.4 is 5.32 Å². The third-order valence-electron chi connectivity index (χ3n) is 2.64. The maximum atomic E-state index is 3.94. The number of aryl methyl sites for hydroxylation is 1. The van der Waals surface area contributed by atoms with E-state index in [1.165, 1.54) is 26.2 Å². The van der Waals surface area contributed by atoms with Crippen molar-refractivity contribution in [3.05, 3.63) is 33.0 Å². The molecule has 3 nitrogen and oxygen atoms in total. The van der Waals surface area contributed by atoms with Gasteiger partial charge in [-0.25, -0.2) is 0 Å². The monoisotopic (exact) mass is 267 g/mol. The van der Waals surface area contributed by atoms with Gasteiger partial charge in [0.2, 0.25) is 0 Å². The van der Waals surface area contributed by atoms with Crippen molar-refractivity contribution in [2.24, 2.45) is 0 Å². The molecule has 2 aromatic heterocycles. The van der Waals surface area contributed by atoms with E-state index >= 15 is 0 Å². The quantitative estimate of drug-likeness (QED) is 0.874. The van der Waals surface area contributed by atoms with Crippen molar-refractivity contribution < 1.29 is 0 Å². The second-order valence-electron chi connectivity index (χ2n) is 3.86. The number of nitrogens with one attached hydrogen (secondary N) is 1. The molecule has 0 saturated heterocycles. The molecule has 0 aliphatic heterocycles. The van der Waals surface area contributed by atoms with Crippen LogP contribution in [0.25, 0.3) is 0 Å². The molecule has 0 radical (unpaired) electrons. The molecule has 2 aromatic rings. The molecule has 2 rings (SSSR count). The van der Waals surface area contributed by atoms with E-state index in [1.807, 2.05) is 17.5 Å². The van der Waals surface area contributed by atoms with Gasteiger partial charge in [0.15, 0.2) is 0 Å². The number of thiophene rings is 1. The van der Waals surface area contributed by atoms with E-state index in [-0.39, 0.29) is 0 Å². The normalized spacial score (nSPS) is 12.8. The molecular formula is C12H17N3S2. The van der Waals surface area contributed by atoms with E-state index in [9.17, 15) is 0 Å². The van der Waals surface area contributed by atoms with Crippen LogP contribution in [0.5, 0.6) is 0 Å². The highest BCUT2D eigenvalue weighted by molar-refractivity contribution is 7.12. The molecule has 1 N–H and O–H groups in total. The third kappa shape index (κ3) is 3.34. The molecular weight excluding hydrogens is 250 g/mol. The van der Waals surface area contributed by atoms with Crippen LogP contribution in [0.2, 0.25) is 0 Å². The molecule has 0 aliphatic rings. The molecule has 0 bridgehead atoms. The third-order valence-corrected chi connectivity index (χ3v) is 4.67. The van der Waals surface area contributed by atoms with Gasteiger partial charge in [0.25, 0.3) is 0 Å². The summed E-state index contributed by atoms with van der Waals surface area (Å²) >= 11 is 3.39. The van der Waals surface area contributed by atoms with Crippen molar-refractivity contribution in [3.8, 4) is 0 Å². The summed E-state index contributed by atoms with van der Waals surface area (Å²) in [5.74, 6) is 0. The first kappa shape index (κ1) is 12.7. The zero-order chi connectivity index (χ0) is 12.1. The van der Waals surface area contributed by atoms with E-state index in [0.29, 0.717) is 6.04 Å². The Balaban J connectivity index is 2.07. The minimum Gasteiger partial charge on any atom is -0.309 e. The number of hydrogen-bond donors (Lipinski definition) is 1. The molecule has 2 heterocycles. The Morgan fingerprint density at radius 3 is 2.71 bits per heavy atom. The topological polar surface area (TPSA) is 37.8 Å². The highest BCUT2D eigenvalue weighted by atomic mass is 32.1. The Kier molecular flexibility index (Phi) is 4.65. The molecule has 0 saturated carbocycles. The molecule has 17 heavy (non-hydrogen) atoms. The van der Waals surface area contributed by atoms with Crippen LogP contribution in [-0.4, -0.2) is 16.1 Å². The molecule has 0 amide bonds. The van der Waals surface area contributed by atoms with E-state index in [1.54, 1.807) is 0 Å². The maximum Gasteiger partial charge on any atom is 0.0669 e. The van der Waals surface area contributed by atoms with Gasteiger partial charge >= 0.3 is 0 Å². The maximum absolute atomic E-state index is 3.94. The van der Waals surface area contributed by atoms with Gasteiger partial charge in [-0.15, -0.1) is 16.4 Å². The van der Waals surface area contributed by atoms with Crippen LogP contribution >= 0.6 is 22.9 Å². The first-order valence-electron chi connectivity index (χ1n) is 5.91. The predicted octanol–water partition coefficient (Wildman–Crippen LogP) is 3.06. The van der Waals surface area contributed by atoms with Crippen LogP contribution in [0.1, 0.15) is 34.5 Å². The van der Waals surface area contributed by atoms with Gasteiger partial charge in [-0.3, -0.25) is 0 Å². The van der Waals surface area contributed by atoms with Crippen molar-refractivity contribution in [3.63, 3.8) is 0 Å².